The quantitative estimate of drug-likeness (QED) is 0.746. The van der Waals surface area contributed by atoms with E-state index in [1.807, 2.05) is 32.0 Å². The Balaban J connectivity index is 2.07. The molecular weight excluding hydrogens is 312 g/mol. The summed E-state index contributed by atoms with van der Waals surface area (Å²) in [6.45, 7) is 7.22. The maximum Gasteiger partial charge on any atom is 0.310 e. The van der Waals surface area contributed by atoms with Crippen LogP contribution in [0.5, 0.6) is 0 Å². The summed E-state index contributed by atoms with van der Waals surface area (Å²) < 4.78 is 11.8. The molecular formula is C17H19BClNO3. The van der Waals surface area contributed by atoms with E-state index in [-0.39, 0.29) is 0 Å². The van der Waals surface area contributed by atoms with Gasteiger partial charge in [0, 0.05) is 17.0 Å². The summed E-state index contributed by atoms with van der Waals surface area (Å²) in [6.07, 6.45) is 1.69. The third-order valence-corrected chi connectivity index (χ3v) is 4.79. The molecule has 0 aliphatic rings. The van der Waals surface area contributed by atoms with E-state index in [0.717, 1.165) is 16.2 Å². The second-order valence-electron chi connectivity index (χ2n) is 6.73. The lowest BCUT2D eigenvalue weighted by molar-refractivity contribution is -0.0893. The molecule has 120 valence electrons. The van der Waals surface area contributed by atoms with Crippen LogP contribution in [0.4, 0.5) is 0 Å². The topological polar surface area (TPSA) is 55.5 Å². The van der Waals surface area contributed by atoms with Crippen molar-refractivity contribution in [3.63, 3.8) is 0 Å². The molecule has 3 rings (SSSR count). The Bertz CT molecular complexity index is 867. The van der Waals surface area contributed by atoms with Crippen molar-refractivity contribution in [3.05, 3.63) is 35.5 Å². The second-order valence-corrected chi connectivity index (χ2v) is 7.13. The molecule has 0 radical (unpaired) electrons. The molecule has 1 aromatic carbocycles. The second kappa shape index (κ2) is 5.51. The van der Waals surface area contributed by atoms with E-state index in [4.69, 9.17) is 20.7 Å². The first-order chi connectivity index (χ1) is 10.7. The lowest BCUT2D eigenvalue weighted by Gasteiger charge is -2.37. The Morgan fingerprint density at radius 3 is 2.65 bits per heavy atom. The molecule has 0 spiro atoms. The van der Waals surface area contributed by atoms with Crippen LogP contribution in [0.3, 0.4) is 0 Å². The predicted octanol–water partition coefficient (Wildman–Crippen LogP) is 3.18. The summed E-state index contributed by atoms with van der Waals surface area (Å²) in [5.74, 6) is 0. The van der Waals surface area contributed by atoms with E-state index in [2.05, 4.69) is 4.98 Å². The van der Waals surface area contributed by atoms with Gasteiger partial charge in [-0.1, -0.05) is 17.7 Å². The molecule has 3 aromatic rings. The summed E-state index contributed by atoms with van der Waals surface area (Å²) in [7, 11) is 0.341. The van der Waals surface area contributed by atoms with Crippen molar-refractivity contribution in [1.29, 1.82) is 0 Å². The highest BCUT2D eigenvalue weighted by Gasteiger charge is 2.36. The van der Waals surface area contributed by atoms with Gasteiger partial charge in [0.05, 0.1) is 16.2 Å². The molecule has 0 unspecified atom stereocenters. The molecule has 4 nitrogen and oxygen atoms in total. The summed E-state index contributed by atoms with van der Waals surface area (Å²) in [5.41, 5.74) is 0.463. The van der Waals surface area contributed by atoms with Crippen LogP contribution < -0.4 is 5.46 Å². The van der Waals surface area contributed by atoms with Crippen molar-refractivity contribution in [3.8, 4) is 0 Å². The monoisotopic (exact) mass is 331 g/mol. The molecule has 2 heterocycles. The van der Waals surface area contributed by atoms with Crippen LogP contribution in [-0.4, -0.2) is 28.8 Å². The number of fused-ring (bicyclic) bond motifs is 3. The minimum Gasteiger partial charge on any atom is -0.436 e. The molecule has 0 saturated heterocycles. The first kappa shape index (κ1) is 16.3. The maximum atomic E-state index is 10.2. The number of halogens is 1. The van der Waals surface area contributed by atoms with Crippen LogP contribution in [0.1, 0.15) is 27.7 Å². The van der Waals surface area contributed by atoms with Gasteiger partial charge in [-0.05, 0) is 51.4 Å². The highest BCUT2D eigenvalue weighted by Crippen LogP contribution is 2.31. The minimum atomic E-state index is -0.960. The van der Waals surface area contributed by atoms with Gasteiger partial charge >= 0.3 is 7.48 Å². The largest absolute Gasteiger partial charge is 0.436 e. The van der Waals surface area contributed by atoms with Gasteiger partial charge < -0.3 is 14.2 Å². The van der Waals surface area contributed by atoms with E-state index >= 15 is 0 Å². The van der Waals surface area contributed by atoms with Crippen LogP contribution in [0.25, 0.3) is 22.1 Å². The fourth-order valence-electron chi connectivity index (χ4n) is 2.31. The lowest BCUT2D eigenvalue weighted by Crippen LogP contribution is -2.49. The summed E-state index contributed by atoms with van der Waals surface area (Å²) in [6, 6.07) is 7.54. The van der Waals surface area contributed by atoms with Gasteiger partial charge in [-0.2, -0.15) is 0 Å². The first-order valence-corrected chi connectivity index (χ1v) is 7.89. The van der Waals surface area contributed by atoms with E-state index in [0.29, 0.717) is 23.8 Å². The lowest BCUT2D eigenvalue weighted by atomic mass is 9.80. The average Bonchev–Trinajstić information content (AvgIpc) is 2.86. The van der Waals surface area contributed by atoms with Crippen LogP contribution in [-0.2, 0) is 4.65 Å². The molecule has 0 fully saturated rings. The molecule has 0 amide bonds. The Kier molecular flexibility index (Phi) is 3.91. The average molecular weight is 332 g/mol. The van der Waals surface area contributed by atoms with Gasteiger partial charge in [0.1, 0.15) is 0 Å². The Morgan fingerprint density at radius 2 is 1.96 bits per heavy atom. The molecule has 0 bridgehead atoms. The molecule has 0 aliphatic heterocycles. The third kappa shape index (κ3) is 2.85. The number of rotatable bonds is 4. The van der Waals surface area contributed by atoms with Crippen molar-refractivity contribution < 1.29 is 14.2 Å². The van der Waals surface area contributed by atoms with Gasteiger partial charge in [0.15, 0.2) is 5.58 Å². The molecule has 0 atom stereocenters. The predicted molar refractivity (Wildman–Crippen MR) is 94.8 cm³/mol. The number of hydrogen-bond donors (Lipinski definition) is 1. The zero-order chi connectivity index (χ0) is 16.8. The SMILES string of the molecule is CC(C)(O)C(C)(C)OBc1ccc(Cl)c2oc3ncccc3c12. The molecule has 23 heavy (non-hydrogen) atoms. The summed E-state index contributed by atoms with van der Waals surface area (Å²) >= 11 is 6.26. The fourth-order valence-corrected chi connectivity index (χ4v) is 2.50. The minimum absolute atomic E-state index is 0.341. The number of aromatic nitrogens is 1. The summed E-state index contributed by atoms with van der Waals surface area (Å²) in [4.78, 5) is 4.24. The number of hydrogen-bond acceptors (Lipinski definition) is 4. The van der Waals surface area contributed by atoms with E-state index in [1.165, 1.54) is 0 Å². The van der Waals surface area contributed by atoms with Crippen molar-refractivity contribution in [1.82, 2.24) is 4.98 Å². The first-order valence-electron chi connectivity index (χ1n) is 7.52. The van der Waals surface area contributed by atoms with E-state index < -0.39 is 11.2 Å². The van der Waals surface area contributed by atoms with Gasteiger partial charge in [-0.3, -0.25) is 0 Å². The highest BCUT2D eigenvalue weighted by atomic mass is 35.5. The van der Waals surface area contributed by atoms with Crippen LogP contribution in [0, 0.1) is 0 Å². The van der Waals surface area contributed by atoms with Crippen LogP contribution >= 0.6 is 11.6 Å². The zero-order valence-electron chi connectivity index (χ0n) is 13.7. The maximum absolute atomic E-state index is 10.2. The number of aliphatic hydroxyl groups is 1. The smallest absolute Gasteiger partial charge is 0.310 e. The van der Waals surface area contributed by atoms with Crippen molar-refractivity contribution in [2.24, 2.45) is 0 Å². The zero-order valence-corrected chi connectivity index (χ0v) is 14.4. The molecule has 2 aromatic heterocycles. The van der Waals surface area contributed by atoms with Crippen molar-refractivity contribution in [2.45, 2.75) is 38.9 Å². The highest BCUT2D eigenvalue weighted by molar-refractivity contribution is 6.54. The Labute approximate surface area is 140 Å². The number of pyridine rings is 1. The van der Waals surface area contributed by atoms with Gasteiger partial charge in [-0.15, -0.1) is 0 Å². The van der Waals surface area contributed by atoms with E-state index in [9.17, 15) is 5.11 Å². The van der Waals surface area contributed by atoms with Crippen LogP contribution in [0.2, 0.25) is 5.02 Å². The molecule has 0 saturated carbocycles. The molecule has 6 heteroatoms. The van der Waals surface area contributed by atoms with Crippen molar-refractivity contribution in [2.75, 3.05) is 0 Å². The molecule has 0 aliphatic carbocycles. The van der Waals surface area contributed by atoms with Gasteiger partial charge in [-0.25, -0.2) is 4.98 Å². The molecule has 1 N–H and O–H groups in total. The number of nitrogens with zero attached hydrogens (tertiary/aromatic N) is 1. The third-order valence-electron chi connectivity index (χ3n) is 4.50. The standard InChI is InChI=1S/C17H19BClNO3/c1-16(2,21)17(3,4)23-18-11-7-8-12(19)14-13(11)10-6-5-9-20-15(10)22-14/h5-9,18,21H,1-4H3. The van der Waals surface area contributed by atoms with Gasteiger partial charge in [0.2, 0.25) is 5.71 Å². The van der Waals surface area contributed by atoms with Gasteiger partial charge in [0.25, 0.3) is 0 Å². The van der Waals surface area contributed by atoms with Crippen molar-refractivity contribution >= 4 is 46.6 Å². The fraction of sp³-hybridized carbons (Fsp3) is 0.353. The summed E-state index contributed by atoms with van der Waals surface area (Å²) in [5, 5.41) is 12.6. The number of furan rings is 1. The number of benzene rings is 1. The Morgan fingerprint density at radius 1 is 1.22 bits per heavy atom. The van der Waals surface area contributed by atoms with E-state index in [1.54, 1.807) is 26.1 Å². The van der Waals surface area contributed by atoms with Crippen LogP contribution in [0.15, 0.2) is 34.9 Å². The normalized spacial score (nSPS) is 13.0. The Hall–Kier alpha value is -1.56.